The van der Waals surface area contributed by atoms with Crippen molar-refractivity contribution in [2.75, 3.05) is 0 Å². The number of aromatic nitrogens is 2. The Morgan fingerprint density at radius 3 is 2.39 bits per heavy atom. The van der Waals surface area contributed by atoms with Crippen LogP contribution in [0.5, 0.6) is 0 Å². The van der Waals surface area contributed by atoms with Gasteiger partial charge in [-0.15, -0.1) is 0 Å². The normalized spacial score (nSPS) is 11.7. The Bertz CT molecular complexity index is 978. The van der Waals surface area contributed by atoms with E-state index in [0.29, 0.717) is 11.1 Å². The minimum absolute atomic E-state index is 0.0376. The summed E-state index contributed by atoms with van der Waals surface area (Å²) < 4.78 is 60.3. The second kappa shape index (κ2) is 8.03. The smallest absolute Gasteiger partial charge is 0.416 e. The Morgan fingerprint density at radius 2 is 1.75 bits per heavy atom. The molecule has 3 aromatic rings. The number of ether oxygens (including phenoxy) is 1. The molecule has 28 heavy (non-hydrogen) atoms. The van der Waals surface area contributed by atoms with E-state index in [1.54, 1.807) is 0 Å². The topological polar surface area (TPSA) is 65.2 Å². The van der Waals surface area contributed by atoms with Gasteiger partial charge in [0.1, 0.15) is 5.82 Å². The molecular weight excluding hydrogens is 380 g/mol. The van der Waals surface area contributed by atoms with Crippen LogP contribution in [0.4, 0.5) is 17.6 Å². The van der Waals surface area contributed by atoms with Crippen molar-refractivity contribution in [1.29, 1.82) is 0 Å². The Morgan fingerprint density at radius 1 is 1.07 bits per heavy atom. The van der Waals surface area contributed by atoms with E-state index in [1.807, 2.05) is 0 Å². The van der Waals surface area contributed by atoms with E-state index in [4.69, 9.17) is 9.26 Å². The number of benzene rings is 2. The Kier molecular flexibility index (Phi) is 5.53. The molecule has 0 spiro atoms. The monoisotopic (exact) mass is 392 g/mol. The molecule has 0 radical (unpaired) electrons. The highest BCUT2D eigenvalue weighted by atomic mass is 19.4. The highest BCUT2D eigenvalue weighted by Crippen LogP contribution is 2.29. The summed E-state index contributed by atoms with van der Waals surface area (Å²) >= 11 is 0. The van der Waals surface area contributed by atoms with Crippen LogP contribution in [0, 0.1) is 5.82 Å². The van der Waals surface area contributed by atoms with Crippen molar-refractivity contribution < 1.29 is 31.6 Å². The van der Waals surface area contributed by atoms with Crippen molar-refractivity contribution in [3.63, 3.8) is 0 Å². The Labute approximate surface area is 156 Å². The number of alkyl halides is 3. The predicted molar refractivity (Wildman–Crippen MR) is 90.0 cm³/mol. The van der Waals surface area contributed by atoms with Crippen LogP contribution in [0.25, 0.3) is 17.5 Å². The van der Waals surface area contributed by atoms with E-state index >= 15 is 0 Å². The fraction of sp³-hybridized carbons (Fsp3) is 0.105. The molecule has 0 fully saturated rings. The lowest BCUT2D eigenvalue weighted by molar-refractivity contribution is -0.140. The average molecular weight is 392 g/mol. The molecule has 9 heteroatoms. The van der Waals surface area contributed by atoms with E-state index < -0.39 is 23.5 Å². The molecule has 0 atom stereocenters. The van der Waals surface area contributed by atoms with Crippen LogP contribution in [0.1, 0.15) is 17.0 Å². The molecule has 0 aliphatic rings. The summed E-state index contributed by atoms with van der Waals surface area (Å²) in [5.41, 5.74) is 0.159. The van der Waals surface area contributed by atoms with Gasteiger partial charge in [0.05, 0.1) is 5.56 Å². The van der Waals surface area contributed by atoms with Crippen LogP contribution >= 0.6 is 0 Å². The zero-order valence-electron chi connectivity index (χ0n) is 14.1. The number of hydrogen-bond acceptors (Lipinski definition) is 5. The second-order valence-corrected chi connectivity index (χ2v) is 5.58. The molecule has 144 valence electrons. The Hall–Kier alpha value is -3.49. The molecule has 0 amide bonds. The van der Waals surface area contributed by atoms with Crippen molar-refractivity contribution in [3.8, 4) is 11.4 Å². The molecule has 3 rings (SSSR count). The number of esters is 1. The summed E-state index contributed by atoms with van der Waals surface area (Å²) in [4.78, 5) is 15.7. The average Bonchev–Trinajstić information content (AvgIpc) is 3.14. The molecule has 0 N–H and O–H groups in total. The second-order valence-electron chi connectivity index (χ2n) is 5.58. The zero-order chi connectivity index (χ0) is 20.1. The van der Waals surface area contributed by atoms with Crippen LogP contribution in [0.3, 0.4) is 0 Å². The number of halogens is 4. The number of nitrogens with zero attached hydrogens (tertiary/aromatic N) is 2. The highest BCUT2D eigenvalue weighted by molar-refractivity contribution is 5.87. The van der Waals surface area contributed by atoms with Crippen molar-refractivity contribution in [2.24, 2.45) is 0 Å². The minimum Gasteiger partial charge on any atom is -0.452 e. The lowest BCUT2D eigenvalue weighted by atomic mass is 10.1. The number of carbonyl (C=O) groups excluding carboxylic acids is 1. The highest BCUT2D eigenvalue weighted by Gasteiger charge is 2.29. The molecule has 0 aliphatic carbocycles. The molecule has 1 heterocycles. The van der Waals surface area contributed by atoms with Gasteiger partial charge in [-0.1, -0.05) is 17.3 Å². The van der Waals surface area contributed by atoms with Gasteiger partial charge >= 0.3 is 12.1 Å². The SMILES string of the molecule is O=C(/C=C/c1ccc(C(F)(F)F)cc1)OCc1nc(-c2ccc(F)cc2)no1. The van der Waals surface area contributed by atoms with Gasteiger partial charge in [0, 0.05) is 11.6 Å². The molecule has 0 saturated carbocycles. The third kappa shape index (κ3) is 5.03. The van der Waals surface area contributed by atoms with Crippen LogP contribution in [-0.2, 0) is 22.3 Å². The van der Waals surface area contributed by atoms with Crippen molar-refractivity contribution in [2.45, 2.75) is 12.8 Å². The summed E-state index contributed by atoms with van der Waals surface area (Å²) in [6.45, 7) is -0.287. The summed E-state index contributed by atoms with van der Waals surface area (Å²) in [6.07, 6.45) is -2.03. The maximum atomic E-state index is 12.9. The predicted octanol–water partition coefficient (Wildman–Crippen LogP) is 4.65. The summed E-state index contributed by atoms with van der Waals surface area (Å²) in [7, 11) is 0. The van der Waals surface area contributed by atoms with E-state index in [2.05, 4.69) is 10.1 Å². The van der Waals surface area contributed by atoms with Gasteiger partial charge < -0.3 is 9.26 Å². The van der Waals surface area contributed by atoms with Crippen LogP contribution in [-0.4, -0.2) is 16.1 Å². The molecule has 0 unspecified atom stereocenters. The van der Waals surface area contributed by atoms with Gasteiger partial charge in [-0.25, -0.2) is 9.18 Å². The van der Waals surface area contributed by atoms with Gasteiger partial charge in [-0.3, -0.25) is 0 Å². The molecule has 1 aromatic heterocycles. The summed E-state index contributed by atoms with van der Waals surface area (Å²) in [6, 6.07) is 9.75. The number of hydrogen-bond donors (Lipinski definition) is 0. The first-order valence-corrected chi connectivity index (χ1v) is 7.92. The van der Waals surface area contributed by atoms with Gasteiger partial charge in [-0.2, -0.15) is 18.2 Å². The van der Waals surface area contributed by atoms with E-state index in [9.17, 15) is 22.4 Å². The van der Waals surface area contributed by atoms with Crippen molar-refractivity contribution in [3.05, 3.63) is 77.4 Å². The van der Waals surface area contributed by atoms with Gasteiger partial charge in [0.25, 0.3) is 5.89 Å². The van der Waals surface area contributed by atoms with Crippen molar-refractivity contribution >= 4 is 12.0 Å². The fourth-order valence-electron chi connectivity index (χ4n) is 2.16. The third-order valence-corrected chi connectivity index (χ3v) is 3.56. The first-order chi connectivity index (χ1) is 13.3. The summed E-state index contributed by atoms with van der Waals surface area (Å²) in [5, 5.41) is 3.71. The molecule has 0 saturated heterocycles. The van der Waals surface area contributed by atoms with Gasteiger partial charge in [0.2, 0.25) is 5.82 Å². The largest absolute Gasteiger partial charge is 0.452 e. The lowest BCUT2D eigenvalue weighted by Gasteiger charge is -2.05. The van der Waals surface area contributed by atoms with E-state index in [0.717, 1.165) is 18.2 Å². The van der Waals surface area contributed by atoms with E-state index in [-0.39, 0.29) is 18.3 Å². The van der Waals surface area contributed by atoms with Gasteiger partial charge in [0.15, 0.2) is 6.61 Å². The van der Waals surface area contributed by atoms with Crippen LogP contribution in [0.15, 0.2) is 59.1 Å². The third-order valence-electron chi connectivity index (χ3n) is 3.56. The maximum Gasteiger partial charge on any atom is 0.416 e. The lowest BCUT2D eigenvalue weighted by Crippen LogP contribution is -2.04. The van der Waals surface area contributed by atoms with Crippen LogP contribution < -0.4 is 0 Å². The number of carbonyl (C=O) groups is 1. The number of rotatable bonds is 5. The standard InChI is InChI=1S/C19H12F4N2O3/c20-15-8-4-13(5-9-15)18-24-16(28-25-18)11-27-17(26)10-3-12-1-6-14(7-2-12)19(21,22)23/h1-10H,11H2/b10-3+. The molecule has 0 aliphatic heterocycles. The summed E-state index contributed by atoms with van der Waals surface area (Å²) in [5.74, 6) is -0.885. The minimum atomic E-state index is -4.42. The quantitative estimate of drug-likeness (QED) is 0.359. The first-order valence-electron chi connectivity index (χ1n) is 7.92. The molecule has 5 nitrogen and oxygen atoms in total. The molecule has 2 aromatic carbocycles. The molecular formula is C19H12F4N2O3. The zero-order valence-corrected chi connectivity index (χ0v) is 14.1. The van der Waals surface area contributed by atoms with Crippen LogP contribution in [0.2, 0.25) is 0 Å². The molecule has 0 bridgehead atoms. The van der Waals surface area contributed by atoms with Gasteiger partial charge in [-0.05, 0) is 48.0 Å². The Balaban J connectivity index is 1.54. The van der Waals surface area contributed by atoms with Crippen molar-refractivity contribution in [1.82, 2.24) is 10.1 Å². The maximum absolute atomic E-state index is 12.9. The fourth-order valence-corrected chi connectivity index (χ4v) is 2.16. The first kappa shape index (κ1) is 19.3. The van der Waals surface area contributed by atoms with E-state index in [1.165, 1.54) is 42.5 Å².